The number of aromatic nitrogens is 2. The Morgan fingerprint density at radius 2 is 1.57 bits per heavy atom. The van der Waals surface area contributed by atoms with Crippen molar-refractivity contribution in [2.24, 2.45) is 15.8 Å². The molecule has 0 atom stereocenters. The molecule has 2 bridgehead atoms. The Morgan fingerprint density at radius 3 is 2.13 bits per heavy atom. The van der Waals surface area contributed by atoms with Crippen molar-refractivity contribution >= 4 is 17.3 Å². The van der Waals surface area contributed by atoms with Crippen LogP contribution in [0.25, 0.3) is 0 Å². The molecule has 0 spiro atoms. The van der Waals surface area contributed by atoms with Crippen molar-refractivity contribution in [3.63, 3.8) is 0 Å². The summed E-state index contributed by atoms with van der Waals surface area (Å²) in [6.07, 6.45) is 10.7. The van der Waals surface area contributed by atoms with E-state index in [1.807, 2.05) is 6.92 Å². The molecule has 0 amide bonds. The summed E-state index contributed by atoms with van der Waals surface area (Å²) in [4.78, 5) is 42.6. The smallest absolute Gasteiger partial charge is 0.300 e. The lowest BCUT2D eigenvalue weighted by molar-refractivity contribution is -0.118. The molecule has 2 heterocycles. The molecule has 164 valence electrons. The van der Waals surface area contributed by atoms with Gasteiger partial charge in [0.25, 0.3) is 5.56 Å². The maximum absolute atomic E-state index is 13.1. The standard InChI is InChI=1S/C24H35N3O3/c1-4-14-26-20-18(21(29)27(15-5-2)22(26)30)16-19(25-20)24-11-8-23(9-12-24,10-13-24)7-6-17(3)28/h4-16H2,1-3H3. The summed E-state index contributed by atoms with van der Waals surface area (Å²) in [6.45, 7) is 6.80. The van der Waals surface area contributed by atoms with Crippen LogP contribution in [0.1, 0.15) is 90.5 Å². The van der Waals surface area contributed by atoms with E-state index in [0.717, 1.165) is 69.1 Å². The summed E-state index contributed by atoms with van der Waals surface area (Å²) in [6, 6.07) is 0. The zero-order chi connectivity index (χ0) is 21.5. The second-order valence-corrected chi connectivity index (χ2v) is 9.91. The van der Waals surface area contributed by atoms with E-state index in [1.54, 1.807) is 11.5 Å². The number of aliphatic imine (C=N–C) groups is 1. The molecule has 5 rings (SSSR count). The van der Waals surface area contributed by atoms with Crippen molar-refractivity contribution in [2.75, 3.05) is 0 Å². The maximum Gasteiger partial charge on any atom is 0.332 e. The minimum Gasteiger partial charge on any atom is -0.300 e. The number of Topliss-reactive ketones (excluding diaryl/α,β-unsaturated/α-hetero) is 1. The normalized spacial score (nSPS) is 27.2. The molecule has 4 aliphatic rings. The first-order chi connectivity index (χ1) is 14.3. The molecule has 0 N–H and O–H groups in total. The van der Waals surface area contributed by atoms with Crippen molar-refractivity contribution in [3.8, 4) is 0 Å². The Hall–Kier alpha value is -1.98. The Kier molecular flexibility index (Phi) is 5.62. The Bertz CT molecular complexity index is 974. The van der Waals surface area contributed by atoms with E-state index in [0.29, 0.717) is 42.9 Å². The van der Waals surface area contributed by atoms with Crippen LogP contribution < -0.4 is 11.2 Å². The van der Waals surface area contributed by atoms with E-state index in [2.05, 4.69) is 6.92 Å². The summed E-state index contributed by atoms with van der Waals surface area (Å²) in [5.41, 5.74) is 1.92. The van der Waals surface area contributed by atoms with Crippen LogP contribution in [0, 0.1) is 10.8 Å². The second-order valence-electron chi connectivity index (χ2n) is 9.91. The number of ketones is 1. The molecule has 1 aliphatic heterocycles. The van der Waals surface area contributed by atoms with Gasteiger partial charge in [0.05, 0.1) is 5.56 Å². The lowest BCUT2D eigenvalue weighted by Crippen LogP contribution is -2.46. The molecular formula is C24H35N3O3. The fraction of sp³-hybridized carbons (Fsp3) is 0.750. The number of nitrogens with zero attached hydrogens (tertiary/aromatic N) is 3. The first-order valence-corrected chi connectivity index (χ1v) is 11.8. The van der Waals surface area contributed by atoms with Crippen molar-refractivity contribution in [2.45, 2.75) is 104 Å². The molecule has 3 fully saturated rings. The number of carbonyl (C=O) groups excluding carboxylic acids is 1. The molecule has 3 saturated carbocycles. The van der Waals surface area contributed by atoms with E-state index >= 15 is 0 Å². The van der Waals surface area contributed by atoms with E-state index in [9.17, 15) is 14.4 Å². The third-order valence-corrected chi connectivity index (χ3v) is 7.99. The minimum atomic E-state index is -0.208. The quantitative estimate of drug-likeness (QED) is 0.642. The van der Waals surface area contributed by atoms with Gasteiger partial charge in [0.1, 0.15) is 11.6 Å². The molecule has 0 aromatic carbocycles. The predicted octanol–water partition coefficient (Wildman–Crippen LogP) is 4.17. The van der Waals surface area contributed by atoms with Crippen LogP contribution in [0.15, 0.2) is 14.6 Å². The Labute approximate surface area is 178 Å². The van der Waals surface area contributed by atoms with E-state index < -0.39 is 0 Å². The van der Waals surface area contributed by atoms with Crippen molar-refractivity contribution < 1.29 is 4.79 Å². The van der Waals surface area contributed by atoms with Crippen LogP contribution in [0.5, 0.6) is 0 Å². The first kappa shape index (κ1) is 21.3. The highest BCUT2D eigenvalue weighted by Gasteiger charge is 2.51. The van der Waals surface area contributed by atoms with Crippen LogP contribution >= 0.6 is 0 Å². The molecule has 1 aromatic heterocycles. The molecule has 1 aromatic rings. The summed E-state index contributed by atoms with van der Waals surface area (Å²) >= 11 is 0. The van der Waals surface area contributed by atoms with Crippen molar-refractivity contribution in [1.29, 1.82) is 0 Å². The van der Waals surface area contributed by atoms with Gasteiger partial charge < -0.3 is 4.79 Å². The molecule has 0 saturated heterocycles. The monoisotopic (exact) mass is 413 g/mol. The van der Waals surface area contributed by atoms with Gasteiger partial charge in [0.2, 0.25) is 0 Å². The van der Waals surface area contributed by atoms with Gasteiger partial charge in [-0.3, -0.25) is 13.9 Å². The molecule has 6 heteroatoms. The van der Waals surface area contributed by atoms with Gasteiger partial charge in [-0.15, -0.1) is 0 Å². The van der Waals surface area contributed by atoms with Crippen LogP contribution in [-0.4, -0.2) is 20.6 Å². The highest BCUT2D eigenvalue weighted by atomic mass is 16.2. The number of carbonyl (C=O) groups is 1. The summed E-state index contributed by atoms with van der Waals surface area (Å²) in [5.74, 6) is 0.919. The van der Waals surface area contributed by atoms with E-state index in [4.69, 9.17) is 4.99 Å². The third kappa shape index (κ3) is 3.42. The number of rotatable bonds is 8. The Balaban J connectivity index is 1.64. The number of fused-ring (bicyclic) bond motifs is 4. The average molecular weight is 414 g/mol. The van der Waals surface area contributed by atoms with E-state index in [-0.39, 0.29) is 16.7 Å². The molecular weight excluding hydrogens is 378 g/mol. The fourth-order valence-corrected chi connectivity index (χ4v) is 6.03. The maximum atomic E-state index is 13.1. The summed E-state index contributed by atoms with van der Waals surface area (Å²) in [7, 11) is 0. The first-order valence-electron chi connectivity index (χ1n) is 11.8. The van der Waals surface area contributed by atoms with Gasteiger partial charge in [-0.25, -0.2) is 9.79 Å². The lowest BCUT2D eigenvalue weighted by atomic mass is 9.51. The molecule has 0 unspecified atom stereocenters. The summed E-state index contributed by atoms with van der Waals surface area (Å²) in [5, 5.41) is 0. The molecule has 0 radical (unpaired) electrons. The second kappa shape index (κ2) is 7.93. The molecule has 6 nitrogen and oxygen atoms in total. The van der Waals surface area contributed by atoms with Gasteiger partial charge in [0, 0.05) is 37.1 Å². The summed E-state index contributed by atoms with van der Waals surface area (Å²) < 4.78 is 3.15. The zero-order valence-corrected chi connectivity index (χ0v) is 18.8. The third-order valence-electron chi connectivity index (χ3n) is 7.99. The van der Waals surface area contributed by atoms with Gasteiger partial charge >= 0.3 is 5.69 Å². The van der Waals surface area contributed by atoms with Crippen LogP contribution in [0.3, 0.4) is 0 Å². The Morgan fingerprint density at radius 1 is 0.967 bits per heavy atom. The minimum absolute atomic E-state index is 0.0755. The van der Waals surface area contributed by atoms with Crippen LogP contribution in [0.4, 0.5) is 5.82 Å². The highest BCUT2D eigenvalue weighted by molar-refractivity contribution is 5.97. The number of hydrogen-bond acceptors (Lipinski definition) is 4. The van der Waals surface area contributed by atoms with Crippen LogP contribution in [-0.2, 0) is 24.3 Å². The van der Waals surface area contributed by atoms with Gasteiger partial charge in [-0.05, 0) is 70.1 Å². The topological polar surface area (TPSA) is 73.4 Å². The largest absolute Gasteiger partial charge is 0.332 e. The van der Waals surface area contributed by atoms with Crippen molar-refractivity contribution in [1.82, 2.24) is 9.13 Å². The molecule has 3 aliphatic carbocycles. The van der Waals surface area contributed by atoms with Crippen molar-refractivity contribution in [3.05, 3.63) is 26.4 Å². The van der Waals surface area contributed by atoms with Gasteiger partial charge in [-0.2, -0.15) is 0 Å². The fourth-order valence-electron chi connectivity index (χ4n) is 6.03. The zero-order valence-electron chi connectivity index (χ0n) is 18.8. The SMILES string of the molecule is CCCn1c2c(c(=O)n(CCC)c1=O)CC(C13CCC(CCC(C)=O)(CC1)CC3)=N2. The lowest BCUT2D eigenvalue weighted by Gasteiger charge is -2.54. The number of hydrogen-bond donors (Lipinski definition) is 0. The van der Waals surface area contributed by atoms with E-state index in [1.165, 1.54) is 4.57 Å². The highest BCUT2D eigenvalue weighted by Crippen LogP contribution is 2.60. The van der Waals surface area contributed by atoms with Gasteiger partial charge in [-0.1, -0.05) is 13.8 Å². The van der Waals surface area contributed by atoms with Crippen LogP contribution in [0.2, 0.25) is 0 Å². The predicted molar refractivity (Wildman–Crippen MR) is 119 cm³/mol. The average Bonchev–Trinajstić information content (AvgIpc) is 3.20. The molecule has 30 heavy (non-hydrogen) atoms. The van der Waals surface area contributed by atoms with Gasteiger partial charge in [0.15, 0.2) is 0 Å².